The summed E-state index contributed by atoms with van der Waals surface area (Å²) in [5.74, 6) is -0.125. The minimum Gasteiger partial charge on any atom is -0.383 e. The monoisotopic (exact) mass is 254 g/mol. The van der Waals surface area contributed by atoms with Gasteiger partial charge < -0.3 is 15.0 Å². The number of methoxy groups -OCH3 is 1. The fraction of sp³-hybridized carbons (Fsp3) is 0.571. The summed E-state index contributed by atoms with van der Waals surface area (Å²) in [7, 11) is 3.69. The third kappa shape index (κ3) is 5.58. The molecule has 0 heterocycles. The summed E-state index contributed by atoms with van der Waals surface area (Å²) >= 11 is 0. The van der Waals surface area contributed by atoms with Crippen molar-refractivity contribution in [3.8, 4) is 0 Å². The zero-order valence-electron chi connectivity index (χ0n) is 11.5. The maximum absolute atomic E-state index is 13.6. The lowest BCUT2D eigenvalue weighted by Crippen LogP contribution is -2.30. The van der Waals surface area contributed by atoms with Crippen LogP contribution in [0.2, 0.25) is 0 Å². The molecule has 0 aliphatic carbocycles. The van der Waals surface area contributed by atoms with Crippen LogP contribution in [-0.4, -0.2) is 45.3 Å². The number of halogens is 1. The second kappa shape index (κ2) is 8.19. The third-order valence-corrected chi connectivity index (χ3v) is 2.79. The fourth-order valence-corrected chi connectivity index (χ4v) is 1.76. The van der Waals surface area contributed by atoms with Gasteiger partial charge in [0.1, 0.15) is 5.82 Å². The van der Waals surface area contributed by atoms with Crippen LogP contribution in [-0.2, 0) is 11.3 Å². The van der Waals surface area contributed by atoms with Gasteiger partial charge >= 0.3 is 0 Å². The van der Waals surface area contributed by atoms with Crippen molar-refractivity contribution in [2.45, 2.75) is 13.5 Å². The van der Waals surface area contributed by atoms with E-state index in [-0.39, 0.29) is 5.82 Å². The van der Waals surface area contributed by atoms with Crippen LogP contribution in [0.1, 0.15) is 11.1 Å². The molecule has 0 saturated heterocycles. The van der Waals surface area contributed by atoms with E-state index in [2.05, 4.69) is 10.2 Å². The molecule has 0 atom stereocenters. The molecule has 18 heavy (non-hydrogen) atoms. The van der Waals surface area contributed by atoms with Crippen LogP contribution in [0, 0.1) is 12.7 Å². The van der Waals surface area contributed by atoms with Crippen molar-refractivity contribution in [2.75, 3.05) is 40.4 Å². The van der Waals surface area contributed by atoms with Crippen molar-refractivity contribution in [1.82, 2.24) is 10.2 Å². The lowest BCUT2D eigenvalue weighted by atomic mass is 10.1. The van der Waals surface area contributed by atoms with Gasteiger partial charge in [0.05, 0.1) is 6.61 Å². The molecular weight excluding hydrogens is 231 g/mol. The Balaban J connectivity index is 2.30. The SMILES string of the molecule is COCCNCCN(C)Cc1cc(C)ccc1F. The van der Waals surface area contributed by atoms with Crippen LogP contribution >= 0.6 is 0 Å². The molecule has 0 fully saturated rings. The lowest BCUT2D eigenvalue weighted by Gasteiger charge is -2.17. The molecule has 1 aromatic carbocycles. The molecule has 0 aliphatic heterocycles. The molecule has 102 valence electrons. The third-order valence-electron chi connectivity index (χ3n) is 2.79. The second-order valence-electron chi connectivity index (χ2n) is 4.58. The van der Waals surface area contributed by atoms with Crippen molar-refractivity contribution in [3.05, 3.63) is 35.1 Å². The number of likely N-dealkylation sites (N-methyl/N-ethyl adjacent to an activating group) is 1. The highest BCUT2D eigenvalue weighted by Gasteiger charge is 2.05. The summed E-state index contributed by atoms with van der Waals surface area (Å²) < 4.78 is 18.5. The topological polar surface area (TPSA) is 24.5 Å². The first-order valence-electron chi connectivity index (χ1n) is 6.26. The number of rotatable bonds is 8. The van der Waals surface area contributed by atoms with Crippen LogP contribution in [0.5, 0.6) is 0 Å². The first-order valence-corrected chi connectivity index (χ1v) is 6.26. The number of hydrogen-bond donors (Lipinski definition) is 1. The Morgan fingerprint density at radius 3 is 2.83 bits per heavy atom. The van der Waals surface area contributed by atoms with E-state index < -0.39 is 0 Å². The molecule has 3 nitrogen and oxygen atoms in total. The molecule has 0 bridgehead atoms. The van der Waals surface area contributed by atoms with E-state index in [1.54, 1.807) is 13.2 Å². The Bertz CT molecular complexity index is 358. The predicted octanol–water partition coefficient (Wildman–Crippen LogP) is 1.80. The number of nitrogens with zero attached hydrogens (tertiary/aromatic N) is 1. The molecule has 0 amide bonds. The van der Waals surface area contributed by atoms with Crippen LogP contribution in [0.15, 0.2) is 18.2 Å². The van der Waals surface area contributed by atoms with Crippen LogP contribution in [0.25, 0.3) is 0 Å². The normalized spacial score (nSPS) is 11.2. The first kappa shape index (κ1) is 15.1. The number of ether oxygens (including phenoxy) is 1. The number of nitrogens with one attached hydrogen (secondary N) is 1. The molecule has 4 heteroatoms. The van der Waals surface area contributed by atoms with E-state index in [4.69, 9.17) is 4.74 Å². The van der Waals surface area contributed by atoms with E-state index in [1.165, 1.54) is 6.07 Å². The second-order valence-corrected chi connectivity index (χ2v) is 4.58. The summed E-state index contributed by atoms with van der Waals surface area (Å²) in [6.07, 6.45) is 0. The van der Waals surface area contributed by atoms with Gasteiger partial charge in [0.2, 0.25) is 0 Å². The van der Waals surface area contributed by atoms with E-state index in [0.29, 0.717) is 6.54 Å². The Morgan fingerprint density at radius 2 is 2.11 bits per heavy atom. The van der Waals surface area contributed by atoms with Gasteiger partial charge in [-0.3, -0.25) is 0 Å². The van der Waals surface area contributed by atoms with E-state index in [9.17, 15) is 4.39 Å². The Morgan fingerprint density at radius 1 is 1.33 bits per heavy atom. The maximum atomic E-state index is 13.6. The zero-order valence-corrected chi connectivity index (χ0v) is 11.5. The maximum Gasteiger partial charge on any atom is 0.127 e. The number of aryl methyl sites for hydroxylation is 1. The Hall–Kier alpha value is -0.970. The van der Waals surface area contributed by atoms with Crippen LogP contribution < -0.4 is 5.32 Å². The molecular formula is C14H23FN2O. The van der Waals surface area contributed by atoms with Gasteiger partial charge in [-0.1, -0.05) is 17.7 Å². The summed E-state index contributed by atoms with van der Waals surface area (Å²) in [4.78, 5) is 2.11. The Labute approximate surface area is 109 Å². The van der Waals surface area contributed by atoms with Gasteiger partial charge in [-0.15, -0.1) is 0 Å². The molecule has 0 saturated carbocycles. The largest absolute Gasteiger partial charge is 0.383 e. The summed E-state index contributed by atoms with van der Waals surface area (Å²) in [6, 6.07) is 5.24. The average molecular weight is 254 g/mol. The molecule has 1 N–H and O–H groups in total. The molecule has 0 radical (unpaired) electrons. The van der Waals surface area contributed by atoms with Gasteiger partial charge in [-0.05, 0) is 20.0 Å². The quantitative estimate of drug-likeness (QED) is 0.716. The van der Waals surface area contributed by atoms with Gasteiger partial charge in [0.15, 0.2) is 0 Å². The van der Waals surface area contributed by atoms with Gasteiger partial charge in [0.25, 0.3) is 0 Å². The summed E-state index contributed by atoms with van der Waals surface area (Å²) in [5, 5.41) is 3.27. The van der Waals surface area contributed by atoms with E-state index in [1.807, 2.05) is 20.0 Å². The average Bonchev–Trinajstić information content (AvgIpc) is 2.33. The summed E-state index contributed by atoms with van der Waals surface area (Å²) in [5.41, 5.74) is 1.85. The molecule has 0 aromatic heterocycles. The minimum atomic E-state index is -0.125. The molecule has 0 aliphatic rings. The van der Waals surface area contributed by atoms with E-state index >= 15 is 0 Å². The molecule has 1 aromatic rings. The highest BCUT2D eigenvalue weighted by atomic mass is 19.1. The zero-order chi connectivity index (χ0) is 13.4. The number of hydrogen-bond acceptors (Lipinski definition) is 3. The van der Waals surface area contributed by atoms with Gasteiger partial charge in [0, 0.05) is 38.9 Å². The number of benzene rings is 1. The van der Waals surface area contributed by atoms with Crippen molar-refractivity contribution < 1.29 is 9.13 Å². The highest BCUT2D eigenvalue weighted by Crippen LogP contribution is 2.11. The van der Waals surface area contributed by atoms with Crippen molar-refractivity contribution >= 4 is 0 Å². The van der Waals surface area contributed by atoms with Crippen LogP contribution in [0.3, 0.4) is 0 Å². The predicted molar refractivity (Wildman–Crippen MR) is 72.2 cm³/mol. The smallest absolute Gasteiger partial charge is 0.127 e. The van der Waals surface area contributed by atoms with Crippen molar-refractivity contribution in [1.29, 1.82) is 0 Å². The first-order chi connectivity index (χ1) is 8.63. The van der Waals surface area contributed by atoms with Gasteiger partial charge in [-0.2, -0.15) is 0 Å². The van der Waals surface area contributed by atoms with Crippen LogP contribution in [0.4, 0.5) is 4.39 Å². The Kier molecular flexibility index (Phi) is 6.86. The summed E-state index contributed by atoms with van der Waals surface area (Å²) in [6.45, 7) is 5.96. The standard InChI is InChI=1S/C14H23FN2O/c1-12-4-5-14(15)13(10-12)11-17(2)8-6-16-7-9-18-3/h4-5,10,16H,6-9,11H2,1-3H3. The van der Waals surface area contributed by atoms with E-state index in [0.717, 1.165) is 37.4 Å². The molecule has 0 spiro atoms. The van der Waals surface area contributed by atoms with Crippen molar-refractivity contribution in [2.24, 2.45) is 0 Å². The lowest BCUT2D eigenvalue weighted by molar-refractivity contribution is 0.197. The molecule has 1 rings (SSSR count). The van der Waals surface area contributed by atoms with Crippen molar-refractivity contribution in [3.63, 3.8) is 0 Å². The minimum absolute atomic E-state index is 0.125. The highest BCUT2D eigenvalue weighted by molar-refractivity contribution is 5.23. The fourth-order valence-electron chi connectivity index (χ4n) is 1.76. The molecule has 0 unspecified atom stereocenters. The van der Waals surface area contributed by atoms with Gasteiger partial charge in [-0.25, -0.2) is 4.39 Å².